The average molecular weight is 424 g/mol. The summed E-state index contributed by atoms with van der Waals surface area (Å²) in [6.45, 7) is 2.13. The maximum atomic E-state index is 13.1. The molecule has 0 bridgehead atoms. The Kier molecular flexibility index (Phi) is 7.57. The third kappa shape index (κ3) is 6.79. The molecule has 2 aromatic rings. The van der Waals surface area contributed by atoms with Crippen molar-refractivity contribution in [3.05, 3.63) is 66.0 Å². The molecule has 0 heterocycles. The van der Waals surface area contributed by atoms with Gasteiger partial charge in [0.1, 0.15) is 5.82 Å². The van der Waals surface area contributed by atoms with Crippen LogP contribution in [0.15, 0.2) is 54.6 Å². The summed E-state index contributed by atoms with van der Waals surface area (Å²) in [5, 5.41) is 6.22. The molecule has 0 spiro atoms. The lowest BCUT2D eigenvalue weighted by Gasteiger charge is -2.36. The normalized spacial score (nSPS) is 21.1. The number of rotatable bonds is 9. The number of nitrogens with one attached hydrogen (secondary N) is 2. The highest BCUT2D eigenvalue weighted by Gasteiger charge is 2.34. The van der Waals surface area contributed by atoms with E-state index in [1.165, 1.54) is 37.7 Å². The van der Waals surface area contributed by atoms with Crippen LogP contribution in [0.25, 0.3) is 0 Å². The van der Waals surface area contributed by atoms with E-state index in [0.29, 0.717) is 12.0 Å². The van der Waals surface area contributed by atoms with Crippen molar-refractivity contribution in [2.75, 3.05) is 18.4 Å². The Morgan fingerprint density at radius 2 is 1.71 bits per heavy atom. The summed E-state index contributed by atoms with van der Waals surface area (Å²) in [6, 6.07) is 17.3. The Balaban J connectivity index is 1.28. The number of para-hydroxylation sites is 1. The highest BCUT2D eigenvalue weighted by molar-refractivity contribution is 5.89. The van der Waals surface area contributed by atoms with Crippen molar-refractivity contribution in [2.24, 2.45) is 5.92 Å². The number of benzene rings is 2. The molecule has 0 saturated heterocycles. The van der Waals surface area contributed by atoms with Crippen LogP contribution < -0.4 is 10.6 Å². The van der Waals surface area contributed by atoms with E-state index in [0.717, 1.165) is 38.0 Å². The van der Waals surface area contributed by atoms with Crippen LogP contribution in [0.4, 0.5) is 14.9 Å². The highest BCUT2D eigenvalue weighted by Crippen LogP contribution is 2.32. The predicted molar refractivity (Wildman–Crippen MR) is 124 cm³/mol. The number of halogens is 1. The molecule has 2 aliphatic rings. The molecular weight excluding hydrogens is 389 g/mol. The van der Waals surface area contributed by atoms with Crippen molar-refractivity contribution in [3.63, 3.8) is 0 Å². The summed E-state index contributed by atoms with van der Waals surface area (Å²) < 4.78 is 13.1. The summed E-state index contributed by atoms with van der Waals surface area (Å²) in [5.74, 6) is 0.331. The lowest BCUT2D eigenvalue weighted by molar-refractivity contribution is 0.162. The molecule has 5 heteroatoms. The maximum Gasteiger partial charge on any atom is 0.319 e. The van der Waals surface area contributed by atoms with Gasteiger partial charge in [0.25, 0.3) is 0 Å². The third-order valence-corrected chi connectivity index (χ3v) is 6.61. The Morgan fingerprint density at radius 1 is 0.968 bits per heavy atom. The number of urea groups is 1. The van der Waals surface area contributed by atoms with E-state index in [4.69, 9.17) is 0 Å². The van der Waals surface area contributed by atoms with Gasteiger partial charge >= 0.3 is 6.03 Å². The topological polar surface area (TPSA) is 44.4 Å². The van der Waals surface area contributed by atoms with Gasteiger partial charge in [0, 0.05) is 24.3 Å². The van der Waals surface area contributed by atoms with Crippen molar-refractivity contribution in [1.82, 2.24) is 10.2 Å². The molecule has 2 aliphatic carbocycles. The van der Waals surface area contributed by atoms with Gasteiger partial charge in [0.15, 0.2) is 0 Å². The zero-order valence-corrected chi connectivity index (χ0v) is 18.2. The molecule has 0 aromatic heterocycles. The zero-order valence-electron chi connectivity index (χ0n) is 18.2. The van der Waals surface area contributed by atoms with Crippen LogP contribution in [-0.4, -0.2) is 36.1 Å². The molecule has 0 aliphatic heterocycles. The minimum absolute atomic E-state index is 0.0996. The van der Waals surface area contributed by atoms with E-state index >= 15 is 0 Å². The first-order chi connectivity index (χ1) is 15.2. The number of anilines is 1. The van der Waals surface area contributed by atoms with Crippen LogP contribution in [0.2, 0.25) is 0 Å². The lowest BCUT2D eigenvalue weighted by atomic mass is 9.84. The largest absolute Gasteiger partial charge is 0.335 e. The van der Waals surface area contributed by atoms with Crippen molar-refractivity contribution in [3.8, 4) is 0 Å². The van der Waals surface area contributed by atoms with Gasteiger partial charge in [-0.15, -0.1) is 0 Å². The molecule has 2 saturated carbocycles. The number of amides is 2. The van der Waals surface area contributed by atoms with Gasteiger partial charge in [0.2, 0.25) is 0 Å². The predicted octanol–water partition coefficient (Wildman–Crippen LogP) is 5.60. The van der Waals surface area contributed by atoms with Crippen LogP contribution in [0.1, 0.15) is 50.5 Å². The van der Waals surface area contributed by atoms with Crippen LogP contribution in [0.3, 0.4) is 0 Å². The van der Waals surface area contributed by atoms with Gasteiger partial charge < -0.3 is 15.5 Å². The highest BCUT2D eigenvalue weighted by atomic mass is 19.1. The minimum Gasteiger partial charge on any atom is -0.335 e. The summed E-state index contributed by atoms with van der Waals surface area (Å²) in [5.41, 5.74) is 2.03. The van der Waals surface area contributed by atoms with Gasteiger partial charge in [-0.25, -0.2) is 9.18 Å². The maximum absolute atomic E-state index is 13.1. The fraction of sp³-hybridized carbons (Fsp3) is 0.500. The van der Waals surface area contributed by atoms with Gasteiger partial charge in [-0.05, 0) is 80.8 Å². The average Bonchev–Trinajstić information content (AvgIpc) is 3.62. The summed E-state index contributed by atoms with van der Waals surface area (Å²) >= 11 is 0. The number of hydrogen-bond donors (Lipinski definition) is 2. The number of carbonyl (C=O) groups excluding carboxylic acids is 1. The van der Waals surface area contributed by atoms with E-state index in [2.05, 4.69) is 15.5 Å². The van der Waals surface area contributed by atoms with Crippen molar-refractivity contribution in [2.45, 2.75) is 63.5 Å². The first kappa shape index (κ1) is 21.8. The molecule has 2 N–H and O–H groups in total. The summed E-state index contributed by atoms with van der Waals surface area (Å²) in [6.07, 6.45) is 9.30. The fourth-order valence-electron chi connectivity index (χ4n) is 4.77. The molecule has 0 unspecified atom stereocenters. The second-order valence-electron chi connectivity index (χ2n) is 9.07. The van der Waals surface area contributed by atoms with E-state index in [-0.39, 0.29) is 17.9 Å². The zero-order chi connectivity index (χ0) is 21.5. The molecule has 2 aromatic carbocycles. The third-order valence-electron chi connectivity index (χ3n) is 6.61. The Hall–Kier alpha value is -2.40. The summed E-state index contributed by atoms with van der Waals surface area (Å²) in [4.78, 5) is 15.2. The van der Waals surface area contributed by atoms with Gasteiger partial charge in [-0.2, -0.15) is 0 Å². The first-order valence-corrected chi connectivity index (χ1v) is 11.8. The van der Waals surface area contributed by atoms with Crippen molar-refractivity contribution < 1.29 is 9.18 Å². The Bertz CT molecular complexity index is 822. The van der Waals surface area contributed by atoms with E-state index in [1.807, 2.05) is 42.5 Å². The molecule has 0 radical (unpaired) electrons. The first-order valence-electron chi connectivity index (χ1n) is 11.8. The SMILES string of the molecule is O=C(Nc1ccccc1)N[C@@H]1CCCC[C@H]1CN(CCCc1ccc(F)cc1)C1CC1. The number of nitrogens with zero attached hydrogens (tertiary/aromatic N) is 1. The number of hydrogen-bond acceptors (Lipinski definition) is 2. The van der Waals surface area contributed by atoms with Gasteiger partial charge in [0.05, 0.1) is 0 Å². The summed E-state index contributed by atoms with van der Waals surface area (Å²) in [7, 11) is 0. The number of carbonyl (C=O) groups is 1. The van der Waals surface area contributed by atoms with Crippen LogP contribution >= 0.6 is 0 Å². The van der Waals surface area contributed by atoms with Crippen molar-refractivity contribution in [1.29, 1.82) is 0 Å². The molecule has 2 atom stereocenters. The second kappa shape index (κ2) is 10.8. The van der Waals surface area contributed by atoms with E-state index in [1.54, 1.807) is 12.1 Å². The Labute approximate surface area is 185 Å². The van der Waals surface area contributed by atoms with Crippen LogP contribution in [0, 0.1) is 11.7 Å². The molecule has 31 heavy (non-hydrogen) atoms. The monoisotopic (exact) mass is 423 g/mol. The molecule has 4 nitrogen and oxygen atoms in total. The molecule has 166 valence electrons. The lowest BCUT2D eigenvalue weighted by Crippen LogP contribution is -2.48. The Morgan fingerprint density at radius 3 is 2.45 bits per heavy atom. The quantitative estimate of drug-likeness (QED) is 0.551. The number of aryl methyl sites for hydroxylation is 1. The second-order valence-corrected chi connectivity index (χ2v) is 9.07. The molecule has 4 rings (SSSR count). The molecule has 2 amide bonds. The smallest absolute Gasteiger partial charge is 0.319 e. The molecule has 2 fully saturated rings. The van der Waals surface area contributed by atoms with Gasteiger partial charge in [-0.1, -0.05) is 43.2 Å². The van der Waals surface area contributed by atoms with E-state index in [9.17, 15) is 9.18 Å². The van der Waals surface area contributed by atoms with E-state index < -0.39 is 0 Å². The molecular formula is C26H34FN3O. The van der Waals surface area contributed by atoms with Crippen LogP contribution in [-0.2, 0) is 6.42 Å². The van der Waals surface area contributed by atoms with Crippen molar-refractivity contribution >= 4 is 11.7 Å². The minimum atomic E-state index is -0.171. The van der Waals surface area contributed by atoms with Crippen LogP contribution in [0.5, 0.6) is 0 Å². The van der Waals surface area contributed by atoms with Gasteiger partial charge in [-0.3, -0.25) is 0 Å². The standard InChI is InChI=1S/C26H34FN3O/c27-22-14-12-20(13-15-22)7-6-18-30(24-16-17-24)19-21-8-4-5-11-25(21)29-26(31)28-23-9-2-1-3-10-23/h1-3,9-10,12-15,21,24-25H,4-8,11,16-19H2,(H2,28,29,31)/t21-,25+/m0/s1. The fourth-order valence-corrected chi connectivity index (χ4v) is 4.77.